The predicted molar refractivity (Wildman–Crippen MR) is 130 cm³/mol. The van der Waals surface area contributed by atoms with E-state index < -0.39 is 6.23 Å². The summed E-state index contributed by atoms with van der Waals surface area (Å²) in [7, 11) is 0. The van der Waals surface area contributed by atoms with Gasteiger partial charge in [-0.3, -0.25) is 4.79 Å². The monoisotopic (exact) mass is 460 g/mol. The highest BCUT2D eigenvalue weighted by Gasteiger charge is 2.34. The maximum absolute atomic E-state index is 13.1. The number of aromatic nitrogens is 3. The van der Waals surface area contributed by atoms with Crippen molar-refractivity contribution in [1.29, 1.82) is 0 Å². The molecule has 2 unspecified atom stereocenters. The normalized spacial score (nSPS) is 17.7. The van der Waals surface area contributed by atoms with Crippen molar-refractivity contribution in [2.24, 2.45) is 0 Å². The van der Waals surface area contributed by atoms with Crippen molar-refractivity contribution in [3.05, 3.63) is 76.0 Å². The molecule has 0 saturated heterocycles. The third-order valence-corrected chi connectivity index (χ3v) is 6.98. The molecule has 1 aliphatic heterocycles. The molecule has 7 heteroatoms. The third-order valence-electron chi connectivity index (χ3n) is 6.38. The van der Waals surface area contributed by atoms with E-state index in [2.05, 4.69) is 32.8 Å². The molecule has 0 aliphatic carbocycles. The number of ether oxygens (including phenoxy) is 1. The highest BCUT2D eigenvalue weighted by molar-refractivity contribution is 6.32. The zero-order chi connectivity index (χ0) is 23.4. The number of rotatable bonds is 3. The summed E-state index contributed by atoms with van der Waals surface area (Å²) >= 11 is 6.32. The van der Waals surface area contributed by atoms with Gasteiger partial charge >= 0.3 is 0 Å². The van der Waals surface area contributed by atoms with Crippen molar-refractivity contribution >= 4 is 28.4 Å². The standard InChI is InChI=1S/C26H25ClN4O2/c1-13-9-19(10-14(2)23(13)27)33-26-17(5)31-21(25(32)30-26)11-18-7-6-8-20(24(18)31)22-15(3)28-12-29-16(22)4/h6-12,17,26H,1-5H3,(H,30,32). The van der Waals surface area contributed by atoms with E-state index in [-0.39, 0.29) is 11.9 Å². The SMILES string of the molecule is Cc1cc(OC2NC(=O)c3cc4cccc(-c5c(C)ncnc5C)c4n3C2C)cc(C)c1Cl. The molecule has 6 nitrogen and oxygen atoms in total. The van der Waals surface area contributed by atoms with Crippen molar-refractivity contribution in [1.82, 2.24) is 19.9 Å². The molecule has 4 aromatic rings. The number of para-hydroxylation sites is 1. The fourth-order valence-electron chi connectivity index (χ4n) is 4.77. The van der Waals surface area contributed by atoms with Gasteiger partial charge in [0.05, 0.1) is 11.6 Å². The van der Waals surface area contributed by atoms with Crippen LogP contribution in [0.4, 0.5) is 0 Å². The van der Waals surface area contributed by atoms with Gasteiger partial charge in [0.1, 0.15) is 17.8 Å². The second-order valence-electron chi connectivity index (χ2n) is 8.69. The Morgan fingerprint density at radius 2 is 1.70 bits per heavy atom. The topological polar surface area (TPSA) is 69.0 Å². The highest BCUT2D eigenvalue weighted by atomic mass is 35.5. The van der Waals surface area contributed by atoms with Crippen LogP contribution in [0.3, 0.4) is 0 Å². The number of nitrogens with one attached hydrogen (secondary N) is 1. The van der Waals surface area contributed by atoms with E-state index in [1.165, 1.54) is 0 Å². The molecule has 0 spiro atoms. The van der Waals surface area contributed by atoms with E-state index in [9.17, 15) is 4.79 Å². The number of hydrogen-bond acceptors (Lipinski definition) is 4. The first-order valence-corrected chi connectivity index (χ1v) is 11.3. The van der Waals surface area contributed by atoms with Gasteiger partial charge < -0.3 is 14.6 Å². The van der Waals surface area contributed by atoms with Gasteiger partial charge in [0.15, 0.2) is 6.23 Å². The lowest BCUT2D eigenvalue weighted by atomic mass is 10.00. The van der Waals surface area contributed by atoms with E-state index in [0.29, 0.717) is 11.4 Å². The van der Waals surface area contributed by atoms with Crippen molar-refractivity contribution in [3.8, 4) is 16.9 Å². The van der Waals surface area contributed by atoms with Gasteiger partial charge in [0, 0.05) is 32.9 Å². The first kappa shape index (κ1) is 21.5. The average Bonchev–Trinajstić information content (AvgIpc) is 3.17. The van der Waals surface area contributed by atoms with Crippen LogP contribution in [0, 0.1) is 27.7 Å². The minimum absolute atomic E-state index is 0.155. The van der Waals surface area contributed by atoms with Crippen molar-refractivity contribution in [2.75, 3.05) is 0 Å². The Labute approximate surface area is 197 Å². The highest BCUT2D eigenvalue weighted by Crippen LogP contribution is 2.38. The number of amides is 1. The van der Waals surface area contributed by atoms with E-state index in [4.69, 9.17) is 16.3 Å². The molecule has 0 radical (unpaired) electrons. The van der Waals surface area contributed by atoms with Gasteiger partial charge in [-0.15, -0.1) is 0 Å². The number of benzene rings is 2. The number of hydrogen-bond donors (Lipinski definition) is 1. The van der Waals surface area contributed by atoms with Crippen molar-refractivity contribution < 1.29 is 9.53 Å². The second kappa shape index (κ2) is 7.89. The fraction of sp³-hybridized carbons (Fsp3) is 0.269. The van der Waals surface area contributed by atoms with Gasteiger partial charge in [-0.2, -0.15) is 0 Å². The molecular weight excluding hydrogens is 436 g/mol. The average molecular weight is 461 g/mol. The molecule has 1 N–H and O–H groups in total. The van der Waals surface area contributed by atoms with Crippen LogP contribution in [0.5, 0.6) is 5.75 Å². The van der Waals surface area contributed by atoms with E-state index in [1.54, 1.807) is 6.33 Å². The van der Waals surface area contributed by atoms with Gasteiger partial charge in [-0.05, 0) is 63.9 Å². The van der Waals surface area contributed by atoms with Crippen LogP contribution in [0.1, 0.15) is 46.0 Å². The van der Waals surface area contributed by atoms with E-state index in [1.807, 2.05) is 58.0 Å². The van der Waals surface area contributed by atoms with Gasteiger partial charge in [-0.25, -0.2) is 9.97 Å². The summed E-state index contributed by atoms with van der Waals surface area (Å²) in [6.07, 6.45) is 1.04. The lowest BCUT2D eigenvalue weighted by molar-refractivity contribution is 0.0633. The van der Waals surface area contributed by atoms with E-state index in [0.717, 1.165) is 49.6 Å². The second-order valence-corrected chi connectivity index (χ2v) is 9.06. The summed E-state index contributed by atoms with van der Waals surface area (Å²) in [6, 6.07) is 11.7. The van der Waals surface area contributed by atoms with Crippen LogP contribution in [0.25, 0.3) is 22.0 Å². The first-order valence-electron chi connectivity index (χ1n) is 10.9. The zero-order valence-electron chi connectivity index (χ0n) is 19.2. The number of fused-ring (bicyclic) bond motifs is 3. The van der Waals surface area contributed by atoms with Gasteiger partial charge in [0.2, 0.25) is 0 Å². The summed E-state index contributed by atoms with van der Waals surface area (Å²) < 4.78 is 8.37. The Hall–Kier alpha value is -3.38. The number of nitrogens with zero attached hydrogens (tertiary/aromatic N) is 3. The molecule has 168 valence electrons. The Morgan fingerprint density at radius 1 is 1.03 bits per heavy atom. The Bertz CT molecular complexity index is 1380. The first-order chi connectivity index (χ1) is 15.8. The van der Waals surface area contributed by atoms with Crippen molar-refractivity contribution in [2.45, 2.75) is 46.9 Å². The maximum Gasteiger partial charge on any atom is 0.270 e. The van der Waals surface area contributed by atoms with Crippen LogP contribution in [-0.4, -0.2) is 26.7 Å². The predicted octanol–water partition coefficient (Wildman–Crippen LogP) is 5.69. The lowest BCUT2D eigenvalue weighted by Gasteiger charge is -2.33. The van der Waals surface area contributed by atoms with E-state index >= 15 is 0 Å². The van der Waals surface area contributed by atoms with Crippen molar-refractivity contribution in [3.63, 3.8) is 0 Å². The number of aryl methyl sites for hydroxylation is 4. The summed E-state index contributed by atoms with van der Waals surface area (Å²) in [5.74, 6) is 0.509. The fourth-order valence-corrected chi connectivity index (χ4v) is 4.88. The third kappa shape index (κ3) is 3.45. The van der Waals surface area contributed by atoms with Gasteiger partial charge in [0.25, 0.3) is 5.91 Å². The molecule has 33 heavy (non-hydrogen) atoms. The summed E-state index contributed by atoms with van der Waals surface area (Å²) in [5.41, 5.74) is 7.26. The van der Waals surface area contributed by atoms with Crippen LogP contribution < -0.4 is 10.1 Å². The minimum Gasteiger partial charge on any atom is -0.468 e. The molecular formula is C26H25ClN4O2. The Kier molecular flexibility index (Phi) is 5.13. The van der Waals surface area contributed by atoms with Crippen LogP contribution in [0.15, 0.2) is 42.7 Å². The quantitative estimate of drug-likeness (QED) is 0.426. The van der Waals surface area contributed by atoms with Crippen LogP contribution in [-0.2, 0) is 0 Å². The Balaban J connectivity index is 1.65. The summed E-state index contributed by atoms with van der Waals surface area (Å²) in [6.45, 7) is 9.91. The zero-order valence-corrected chi connectivity index (χ0v) is 20.0. The smallest absolute Gasteiger partial charge is 0.270 e. The molecule has 2 aromatic heterocycles. The molecule has 2 atom stereocenters. The molecule has 3 heterocycles. The van der Waals surface area contributed by atoms with Gasteiger partial charge in [-0.1, -0.05) is 29.8 Å². The Morgan fingerprint density at radius 3 is 2.36 bits per heavy atom. The molecule has 0 saturated carbocycles. The molecule has 0 bridgehead atoms. The number of carbonyl (C=O) groups is 1. The number of halogens is 1. The van der Waals surface area contributed by atoms with Crippen LogP contribution in [0.2, 0.25) is 5.02 Å². The molecule has 1 amide bonds. The summed E-state index contributed by atoms with van der Waals surface area (Å²) in [4.78, 5) is 21.9. The summed E-state index contributed by atoms with van der Waals surface area (Å²) in [5, 5.41) is 4.74. The van der Waals surface area contributed by atoms with Crippen LogP contribution >= 0.6 is 11.6 Å². The molecule has 2 aromatic carbocycles. The number of carbonyl (C=O) groups excluding carboxylic acids is 1. The lowest BCUT2D eigenvalue weighted by Crippen LogP contribution is -2.49. The molecule has 0 fully saturated rings. The maximum atomic E-state index is 13.1. The molecule has 5 rings (SSSR count). The minimum atomic E-state index is -0.539. The molecule has 1 aliphatic rings. The largest absolute Gasteiger partial charge is 0.468 e.